The first-order chi connectivity index (χ1) is 12.2. The molecule has 3 nitrogen and oxygen atoms in total. The van der Waals surface area contributed by atoms with Gasteiger partial charge in [0.15, 0.2) is 0 Å². The average Bonchev–Trinajstić information content (AvgIpc) is 2.57. The van der Waals surface area contributed by atoms with Crippen LogP contribution in [0, 0.1) is 5.82 Å². The molecule has 26 heavy (non-hydrogen) atoms. The van der Waals surface area contributed by atoms with Crippen LogP contribution in [0.2, 0.25) is 0 Å². The number of thioether (sulfide) groups is 1. The molecule has 0 bridgehead atoms. The van der Waals surface area contributed by atoms with E-state index in [2.05, 4.69) is 4.74 Å². The molecule has 1 amide bonds. The fourth-order valence-corrected chi connectivity index (χ4v) is 2.98. The first-order valence-electron chi connectivity index (χ1n) is 7.70. The van der Waals surface area contributed by atoms with E-state index in [-0.39, 0.29) is 24.0 Å². The Morgan fingerprint density at radius 3 is 2.27 bits per heavy atom. The second-order valence-corrected chi connectivity index (χ2v) is 6.66. The van der Waals surface area contributed by atoms with Crippen LogP contribution in [0.15, 0.2) is 53.4 Å². The topological polar surface area (TPSA) is 29.5 Å². The molecular formula is C18H17F4NO2S. The van der Waals surface area contributed by atoms with Gasteiger partial charge in [-0.1, -0.05) is 12.1 Å². The van der Waals surface area contributed by atoms with E-state index in [1.807, 2.05) is 0 Å². The van der Waals surface area contributed by atoms with Crippen molar-refractivity contribution in [2.24, 2.45) is 0 Å². The summed E-state index contributed by atoms with van der Waals surface area (Å²) in [4.78, 5) is 14.5. The molecular weight excluding hydrogens is 370 g/mol. The van der Waals surface area contributed by atoms with Crippen molar-refractivity contribution in [2.45, 2.75) is 24.2 Å². The molecule has 0 saturated carbocycles. The molecule has 140 valence electrons. The van der Waals surface area contributed by atoms with Gasteiger partial charge < -0.3 is 9.64 Å². The van der Waals surface area contributed by atoms with E-state index < -0.39 is 6.36 Å². The molecule has 0 aliphatic rings. The van der Waals surface area contributed by atoms with Crippen LogP contribution < -0.4 is 4.74 Å². The average molecular weight is 387 g/mol. The van der Waals surface area contributed by atoms with Crippen molar-refractivity contribution >= 4 is 17.7 Å². The Morgan fingerprint density at radius 2 is 1.69 bits per heavy atom. The van der Waals surface area contributed by atoms with Gasteiger partial charge in [0, 0.05) is 30.7 Å². The number of carbonyl (C=O) groups is 1. The summed E-state index contributed by atoms with van der Waals surface area (Å²) in [6, 6.07) is 11.4. The maximum absolute atomic E-state index is 12.8. The molecule has 0 unspecified atom stereocenters. The van der Waals surface area contributed by atoms with E-state index in [1.165, 1.54) is 53.1 Å². The van der Waals surface area contributed by atoms with Gasteiger partial charge in [0.25, 0.3) is 0 Å². The highest BCUT2D eigenvalue weighted by Gasteiger charge is 2.30. The highest BCUT2D eigenvalue weighted by molar-refractivity contribution is 7.99. The molecule has 0 saturated heterocycles. The highest BCUT2D eigenvalue weighted by Crippen LogP contribution is 2.23. The Hall–Kier alpha value is -2.22. The van der Waals surface area contributed by atoms with Gasteiger partial charge in [-0.05, 0) is 42.0 Å². The van der Waals surface area contributed by atoms with Gasteiger partial charge in [-0.15, -0.1) is 24.9 Å². The van der Waals surface area contributed by atoms with Crippen LogP contribution in [0.25, 0.3) is 0 Å². The van der Waals surface area contributed by atoms with Crippen molar-refractivity contribution in [1.29, 1.82) is 0 Å². The molecule has 0 aromatic heterocycles. The Kier molecular flexibility index (Phi) is 6.90. The summed E-state index contributed by atoms with van der Waals surface area (Å²) in [7, 11) is 1.63. The predicted molar refractivity (Wildman–Crippen MR) is 91.3 cm³/mol. The quantitative estimate of drug-likeness (QED) is 0.502. The number of carbonyl (C=O) groups excluding carboxylic acids is 1. The van der Waals surface area contributed by atoms with Crippen LogP contribution in [0.5, 0.6) is 5.75 Å². The maximum Gasteiger partial charge on any atom is 0.573 e. The molecule has 0 heterocycles. The van der Waals surface area contributed by atoms with Crippen molar-refractivity contribution in [3.8, 4) is 5.75 Å². The molecule has 0 fully saturated rings. The summed E-state index contributed by atoms with van der Waals surface area (Å²) >= 11 is 1.45. The smallest absolute Gasteiger partial charge is 0.406 e. The monoisotopic (exact) mass is 387 g/mol. The number of benzene rings is 2. The molecule has 0 radical (unpaired) electrons. The minimum absolute atomic E-state index is 0.0878. The zero-order valence-corrected chi connectivity index (χ0v) is 14.7. The lowest BCUT2D eigenvalue weighted by Gasteiger charge is -2.17. The lowest BCUT2D eigenvalue weighted by molar-refractivity contribution is -0.274. The predicted octanol–water partition coefficient (Wildman–Crippen LogP) is 4.87. The Morgan fingerprint density at radius 1 is 1.08 bits per heavy atom. The van der Waals surface area contributed by atoms with Crippen LogP contribution in [0.1, 0.15) is 12.0 Å². The zero-order chi connectivity index (χ0) is 19.2. The lowest BCUT2D eigenvalue weighted by atomic mass is 10.2. The maximum atomic E-state index is 12.8. The minimum atomic E-state index is -4.73. The van der Waals surface area contributed by atoms with Crippen molar-refractivity contribution in [2.75, 3.05) is 12.8 Å². The van der Waals surface area contributed by atoms with E-state index in [0.717, 1.165) is 4.90 Å². The summed E-state index contributed by atoms with van der Waals surface area (Å²) in [5, 5.41) is 0. The summed E-state index contributed by atoms with van der Waals surface area (Å²) in [6.45, 7) is 0.284. The van der Waals surface area contributed by atoms with Gasteiger partial charge in [-0.25, -0.2) is 4.39 Å². The van der Waals surface area contributed by atoms with Crippen LogP contribution in [-0.4, -0.2) is 30.0 Å². The standard InChI is InChI=1S/C18H17F4NO2S/c1-23(12-13-2-6-15(7-3-13)25-18(20,21)22)17(24)10-11-26-16-8-4-14(19)5-9-16/h2-9H,10-12H2,1H3. The SMILES string of the molecule is CN(Cc1ccc(OC(F)(F)F)cc1)C(=O)CCSc1ccc(F)cc1. The van der Waals surface area contributed by atoms with E-state index in [9.17, 15) is 22.4 Å². The van der Waals surface area contributed by atoms with Crippen molar-refractivity contribution in [1.82, 2.24) is 4.90 Å². The molecule has 2 aromatic carbocycles. The number of amides is 1. The highest BCUT2D eigenvalue weighted by atomic mass is 32.2. The summed E-state index contributed by atoms with van der Waals surface area (Å²) in [6.07, 6.45) is -4.43. The molecule has 2 rings (SSSR count). The van der Waals surface area contributed by atoms with Gasteiger partial charge >= 0.3 is 6.36 Å². The van der Waals surface area contributed by atoms with Crippen molar-refractivity contribution in [3.63, 3.8) is 0 Å². The normalized spacial score (nSPS) is 11.3. The zero-order valence-electron chi connectivity index (χ0n) is 13.9. The third kappa shape index (κ3) is 6.95. The van der Waals surface area contributed by atoms with E-state index in [1.54, 1.807) is 19.2 Å². The summed E-state index contributed by atoms with van der Waals surface area (Å²) in [5.74, 6) is -0.148. The van der Waals surface area contributed by atoms with E-state index in [0.29, 0.717) is 17.7 Å². The minimum Gasteiger partial charge on any atom is -0.406 e. The van der Waals surface area contributed by atoms with Crippen LogP contribution >= 0.6 is 11.8 Å². The fourth-order valence-electron chi connectivity index (χ4n) is 2.14. The van der Waals surface area contributed by atoms with Gasteiger partial charge in [-0.3, -0.25) is 4.79 Å². The molecule has 0 atom stereocenters. The number of rotatable bonds is 7. The molecule has 0 N–H and O–H groups in total. The van der Waals surface area contributed by atoms with Crippen molar-refractivity contribution in [3.05, 3.63) is 59.9 Å². The lowest BCUT2D eigenvalue weighted by Crippen LogP contribution is -2.26. The second-order valence-electron chi connectivity index (χ2n) is 5.49. The first kappa shape index (κ1) is 20.1. The Labute approximate surface area is 152 Å². The molecule has 8 heteroatoms. The Bertz CT molecular complexity index is 717. The van der Waals surface area contributed by atoms with Gasteiger partial charge in [0.2, 0.25) is 5.91 Å². The summed E-state index contributed by atoms with van der Waals surface area (Å²) in [5.41, 5.74) is 0.696. The van der Waals surface area contributed by atoms with E-state index in [4.69, 9.17) is 0 Å². The number of halogens is 4. The number of alkyl halides is 3. The van der Waals surface area contributed by atoms with Gasteiger partial charge in [0.05, 0.1) is 0 Å². The Balaban J connectivity index is 1.78. The first-order valence-corrected chi connectivity index (χ1v) is 8.68. The van der Waals surface area contributed by atoms with Crippen LogP contribution in [0.4, 0.5) is 17.6 Å². The number of nitrogens with zero attached hydrogens (tertiary/aromatic N) is 1. The molecule has 2 aromatic rings. The van der Waals surface area contributed by atoms with E-state index >= 15 is 0 Å². The molecule has 0 spiro atoms. The number of ether oxygens (including phenoxy) is 1. The van der Waals surface area contributed by atoms with Gasteiger partial charge in [-0.2, -0.15) is 0 Å². The summed E-state index contributed by atoms with van der Waals surface area (Å²) < 4.78 is 53.0. The third-order valence-electron chi connectivity index (χ3n) is 3.40. The van der Waals surface area contributed by atoms with Crippen molar-refractivity contribution < 1.29 is 27.1 Å². The number of hydrogen-bond donors (Lipinski definition) is 0. The second kappa shape index (κ2) is 8.93. The third-order valence-corrected chi connectivity index (χ3v) is 4.41. The molecule has 0 aliphatic heterocycles. The van der Waals surface area contributed by atoms with Gasteiger partial charge in [0.1, 0.15) is 11.6 Å². The number of hydrogen-bond acceptors (Lipinski definition) is 3. The van der Waals surface area contributed by atoms with Crippen LogP contribution in [0.3, 0.4) is 0 Å². The molecule has 0 aliphatic carbocycles. The fraction of sp³-hybridized carbons (Fsp3) is 0.278. The largest absolute Gasteiger partial charge is 0.573 e. The van der Waals surface area contributed by atoms with Crippen LogP contribution in [-0.2, 0) is 11.3 Å².